The van der Waals surface area contributed by atoms with Crippen LogP contribution < -0.4 is 10.9 Å². The largest absolute Gasteiger partial charge is 0.418 e. The normalized spacial score (nSPS) is 28.0. The van der Waals surface area contributed by atoms with Crippen LogP contribution in [0.1, 0.15) is 33.1 Å². The monoisotopic (exact) mass is 376 g/mol. The number of fused-ring (bicyclic) bond motifs is 2. The van der Waals surface area contributed by atoms with Gasteiger partial charge in [-0.2, -0.15) is 13.5 Å². The molecule has 0 aromatic rings. The first kappa shape index (κ1) is 17.9. The number of nitrogens with zero attached hydrogens (tertiary/aromatic N) is 2. The zero-order valence-corrected chi connectivity index (χ0v) is 14.6. The molecule has 0 aromatic heterocycles. The van der Waals surface area contributed by atoms with Crippen LogP contribution in [0.3, 0.4) is 0 Å². The van der Waals surface area contributed by atoms with E-state index >= 15 is 0 Å². The number of carbonyl (C=O) groups is 3. The molecule has 2 atom stereocenters. The molecule has 1 saturated carbocycles. The lowest BCUT2D eigenvalue weighted by Gasteiger charge is -2.40. The predicted molar refractivity (Wildman–Crippen MR) is 81.6 cm³/mol. The number of carbonyl (C=O) groups excluding carboxylic acids is 3. The van der Waals surface area contributed by atoms with Gasteiger partial charge in [0.25, 0.3) is 5.91 Å². The van der Waals surface area contributed by atoms with Gasteiger partial charge < -0.3 is 4.90 Å². The first-order valence-corrected chi connectivity index (χ1v) is 9.23. The van der Waals surface area contributed by atoms with Gasteiger partial charge in [-0.05, 0) is 24.7 Å². The molecule has 3 rings (SSSR count). The Bertz CT molecular complexity index is 718. The van der Waals surface area contributed by atoms with Gasteiger partial charge in [0.15, 0.2) is 0 Å². The van der Waals surface area contributed by atoms with Crippen molar-refractivity contribution < 1.29 is 31.6 Å². The van der Waals surface area contributed by atoms with Gasteiger partial charge in [-0.25, -0.2) is 4.79 Å². The molecule has 2 aliphatic heterocycles. The Labute approximate surface area is 144 Å². The Morgan fingerprint density at radius 1 is 1.24 bits per heavy atom. The third kappa shape index (κ3) is 3.55. The second-order valence-electron chi connectivity index (χ2n) is 7.24. The number of piperidine rings is 1. The summed E-state index contributed by atoms with van der Waals surface area (Å²) in [5.41, 5.74) is 4.00. The summed E-state index contributed by atoms with van der Waals surface area (Å²) in [7, 11) is -4.87. The first-order valence-electron chi connectivity index (χ1n) is 7.86. The Morgan fingerprint density at radius 2 is 1.84 bits per heavy atom. The van der Waals surface area contributed by atoms with Crippen molar-refractivity contribution >= 4 is 28.2 Å². The van der Waals surface area contributed by atoms with Crippen LogP contribution in [-0.2, 0) is 24.3 Å². The molecule has 4 amide bonds. The minimum absolute atomic E-state index is 0.0655. The standard InChI is InChI=1S/C13H20N4O7S/c1-13(2)5-8(11(19)15-14-10(18)7-3-4-7)16-6-9(13)17(12(16)20)24-25(21,22)23/h7-9H,3-6H2,1-2H3,(H,14,18)(H,15,19)(H,21,22,23)/t8-,9-/m0/s1. The topological polar surface area (TPSA) is 145 Å². The molecule has 0 radical (unpaired) electrons. The summed E-state index contributed by atoms with van der Waals surface area (Å²) in [5.74, 6) is -0.924. The van der Waals surface area contributed by atoms with Crippen molar-refractivity contribution in [3.8, 4) is 0 Å². The van der Waals surface area contributed by atoms with Crippen LogP contribution in [0, 0.1) is 11.3 Å². The summed E-state index contributed by atoms with van der Waals surface area (Å²) >= 11 is 0. The molecule has 0 spiro atoms. The van der Waals surface area contributed by atoms with Crippen LogP contribution in [0.5, 0.6) is 0 Å². The lowest BCUT2D eigenvalue weighted by atomic mass is 9.76. The molecule has 11 nitrogen and oxygen atoms in total. The molecule has 0 unspecified atom stereocenters. The number of hydrazine groups is 1. The highest BCUT2D eigenvalue weighted by molar-refractivity contribution is 7.80. The van der Waals surface area contributed by atoms with Crippen molar-refractivity contribution in [3.05, 3.63) is 0 Å². The van der Waals surface area contributed by atoms with Crippen molar-refractivity contribution in [1.29, 1.82) is 0 Å². The smallest absolute Gasteiger partial charge is 0.309 e. The second-order valence-corrected chi connectivity index (χ2v) is 8.24. The van der Waals surface area contributed by atoms with Gasteiger partial charge >= 0.3 is 16.4 Å². The van der Waals surface area contributed by atoms with Crippen LogP contribution in [-0.4, -0.2) is 59.4 Å². The molecule has 25 heavy (non-hydrogen) atoms. The molecule has 2 saturated heterocycles. The SMILES string of the molecule is CC1(C)C[C@@H](C(=O)NNC(=O)C2CC2)N2C[C@@H]1N(OS(=O)(=O)O)C2=O. The summed E-state index contributed by atoms with van der Waals surface area (Å²) in [4.78, 5) is 37.6. The maximum Gasteiger partial charge on any atom is 0.418 e. The minimum atomic E-state index is -4.87. The number of amides is 4. The van der Waals surface area contributed by atoms with Crippen molar-refractivity contribution in [2.75, 3.05) is 6.54 Å². The minimum Gasteiger partial charge on any atom is -0.309 e. The zero-order chi connectivity index (χ0) is 18.6. The number of nitrogens with one attached hydrogen (secondary N) is 2. The van der Waals surface area contributed by atoms with Crippen LogP contribution >= 0.6 is 0 Å². The van der Waals surface area contributed by atoms with Gasteiger partial charge in [0.2, 0.25) is 5.91 Å². The van der Waals surface area contributed by atoms with E-state index in [1.807, 2.05) is 0 Å². The fraction of sp³-hybridized carbons (Fsp3) is 0.769. The molecule has 3 N–H and O–H groups in total. The van der Waals surface area contributed by atoms with E-state index in [1.54, 1.807) is 13.8 Å². The van der Waals surface area contributed by atoms with E-state index in [1.165, 1.54) is 4.90 Å². The summed E-state index contributed by atoms with van der Waals surface area (Å²) in [6.07, 6.45) is 1.80. The lowest BCUT2D eigenvalue weighted by molar-refractivity contribution is -0.133. The first-order chi connectivity index (χ1) is 11.5. The van der Waals surface area contributed by atoms with E-state index < -0.39 is 39.8 Å². The quantitative estimate of drug-likeness (QED) is 0.429. The zero-order valence-electron chi connectivity index (χ0n) is 13.8. The van der Waals surface area contributed by atoms with E-state index in [-0.39, 0.29) is 24.8 Å². The van der Waals surface area contributed by atoms with E-state index in [4.69, 9.17) is 4.55 Å². The fourth-order valence-corrected chi connectivity index (χ4v) is 3.61. The Hall–Kier alpha value is -1.92. The maximum absolute atomic E-state index is 12.4. The molecule has 3 fully saturated rings. The lowest BCUT2D eigenvalue weighted by Crippen LogP contribution is -2.57. The van der Waals surface area contributed by atoms with Gasteiger partial charge in [0.05, 0.1) is 6.04 Å². The predicted octanol–water partition coefficient (Wildman–Crippen LogP) is -0.817. The van der Waals surface area contributed by atoms with Crippen molar-refractivity contribution in [2.45, 2.75) is 45.2 Å². The van der Waals surface area contributed by atoms with Gasteiger partial charge in [-0.3, -0.25) is 25.0 Å². The van der Waals surface area contributed by atoms with E-state index in [0.717, 1.165) is 12.8 Å². The van der Waals surface area contributed by atoms with Crippen LogP contribution in [0.15, 0.2) is 0 Å². The average Bonchev–Trinajstić information content (AvgIpc) is 3.28. The molecule has 3 aliphatic rings. The third-order valence-electron chi connectivity index (χ3n) is 4.82. The van der Waals surface area contributed by atoms with Crippen molar-refractivity contribution in [2.24, 2.45) is 11.3 Å². The number of hydrogen-bond donors (Lipinski definition) is 3. The Balaban J connectivity index is 1.73. The van der Waals surface area contributed by atoms with Gasteiger partial charge in [0, 0.05) is 12.5 Å². The van der Waals surface area contributed by atoms with Gasteiger partial charge in [0.1, 0.15) is 6.04 Å². The fourth-order valence-electron chi connectivity index (χ4n) is 3.24. The maximum atomic E-state index is 12.4. The van der Waals surface area contributed by atoms with Crippen molar-refractivity contribution in [3.63, 3.8) is 0 Å². The molecule has 2 bridgehead atoms. The second kappa shape index (κ2) is 5.81. The number of hydrogen-bond acceptors (Lipinski definition) is 6. The third-order valence-corrected chi connectivity index (χ3v) is 5.17. The van der Waals surface area contributed by atoms with Crippen LogP contribution in [0.2, 0.25) is 0 Å². The van der Waals surface area contributed by atoms with Crippen molar-refractivity contribution in [1.82, 2.24) is 20.8 Å². The molecule has 12 heteroatoms. The highest BCUT2D eigenvalue weighted by Crippen LogP contribution is 2.42. The van der Waals surface area contributed by atoms with E-state index in [2.05, 4.69) is 15.1 Å². The average molecular weight is 376 g/mol. The van der Waals surface area contributed by atoms with Gasteiger partial charge in [-0.1, -0.05) is 13.8 Å². The molecular weight excluding hydrogens is 356 g/mol. The molecule has 2 heterocycles. The number of urea groups is 1. The summed E-state index contributed by atoms with van der Waals surface area (Å²) < 4.78 is 35.2. The van der Waals surface area contributed by atoms with Crippen LogP contribution in [0.4, 0.5) is 4.79 Å². The molecule has 140 valence electrons. The van der Waals surface area contributed by atoms with Crippen LogP contribution in [0.25, 0.3) is 0 Å². The number of hydroxylamine groups is 2. The summed E-state index contributed by atoms with van der Waals surface area (Å²) in [6.45, 7) is 3.59. The van der Waals surface area contributed by atoms with E-state index in [9.17, 15) is 22.8 Å². The number of rotatable bonds is 4. The summed E-state index contributed by atoms with van der Waals surface area (Å²) in [5, 5.41) is 0.589. The molecule has 0 aromatic carbocycles. The highest BCUT2D eigenvalue weighted by atomic mass is 32.3. The summed E-state index contributed by atoms with van der Waals surface area (Å²) in [6, 6.07) is -2.37. The van der Waals surface area contributed by atoms with Gasteiger partial charge in [-0.15, -0.1) is 4.28 Å². The highest BCUT2D eigenvalue weighted by Gasteiger charge is 2.57. The Morgan fingerprint density at radius 3 is 2.40 bits per heavy atom. The molecular formula is C13H20N4O7S. The van der Waals surface area contributed by atoms with E-state index in [0.29, 0.717) is 5.06 Å². The molecule has 1 aliphatic carbocycles. The Kier molecular flexibility index (Phi) is 4.16.